The molecule has 0 amide bonds. The van der Waals surface area contributed by atoms with Crippen molar-refractivity contribution in [3.8, 4) is 0 Å². The van der Waals surface area contributed by atoms with E-state index < -0.39 is 32.7 Å². The van der Waals surface area contributed by atoms with E-state index in [1.54, 1.807) is 0 Å². The van der Waals surface area contributed by atoms with Gasteiger partial charge in [-0.2, -0.15) is 0 Å². The zero-order valence-corrected chi connectivity index (χ0v) is 21.4. The molecule has 0 spiro atoms. The SMILES string of the molecule is CC1(C)OB(C(/C=C/CCO[Si](C)(C)C(C)(C)C)C(O)c2ccccc2)OC1(C)C. The Labute approximate surface area is 185 Å². The van der Waals surface area contributed by atoms with E-state index in [1.807, 2.05) is 64.1 Å². The highest BCUT2D eigenvalue weighted by molar-refractivity contribution is 6.74. The topological polar surface area (TPSA) is 47.9 Å². The molecule has 30 heavy (non-hydrogen) atoms. The van der Waals surface area contributed by atoms with E-state index in [1.165, 1.54) is 0 Å². The van der Waals surface area contributed by atoms with E-state index in [9.17, 15) is 5.11 Å². The van der Waals surface area contributed by atoms with Gasteiger partial charge in [0.2, 0.25) is 0 Å². The van der Waals surface area contributed by atoms with Crippen molar-refractivity contribution in [1.29, 1.82) is 0 Å². The van der Waals surface area contributed by atoms with Crippen LogP contribution < -0.4 is 0 Å². The maximum atomic E-state index is 11.1. The van der Waals surface area contributed by atoms with Crippen molar-refractivity contribution in [3.63, 3.8) is 0 Å². The van der Waals surface area contributed by atoms with Gasteiger partial charge in [0.05, 0.1) is 17.3 Å². The molecule has 1 N–H and O–H groups in total. The van der Waals surface area contributed by atoms with Crippen molar-refractivity contribution in [3.05, 3.63) is 48.0 Å². The van der Waals surface area contributed by atoms with Crippen LogP contribution in [0.4, 0.5) is 0 Å². The molecular formula is C24H41BO4Si. The zero-order valence-electron chi connectivity index (χ0n) is 20.4. The molecule has 1 fully saturated rings. The first-order valence-corrected chi connectivity index (χ1v) is 14.0. The second-order valence-electron chi connectivity index (χ2n) is 10.9. The van der Waals surface area contributed by atoms with Gasteiger partial charge in [0, 0.05) is 12.4 Å². The molecule has 1 aromatic rings. The number of aliphatic hydroxyl groups excluding tert-OH is 1. The largest absolute Gasteiger partial charge is 0.468 e. The summed E-state index contributed by atoms with van der Waals surface area (Å²) in [5, 5.41) is 11.3. The first-order chi connectivity index (χ1) is 13.7. The Morgan fingerprint density at radius 3 is 2.10 bits per heavy atom. The van der Waals surface area contributed by atoms with Crippen LogP contribution in [-0.4, -0.2) is 38.4 Å². The van der Waals surface area contributed by atoms with E-state index in [2.05, 4.69) is 39.9 Å². The number of benzene rings is 1. The molecule has 1 heterocycles. The fraction of sp³-hybridized carbons (Fsp3) is 0.667. The van der Waals surface area contributed by atoms with Gasteiger partial charge in [0.15, 0.2) is 8.32 Å². The third-order valence-electron chi connectivity index (χ3n) is 7.00. The molecule has 0 saturated carbocycles. The van der Waals surface area contributed by atoms with Gasteiger partial charge >= 0.3 is 7.12 Å². The summed E-state index contributed by atoms with van der Waals surface area (Å²) < 4.78 is 18.8. The smallest absolute Gasteiger partial charge is 0.417 e. The molecule has 1 aliphatic heterocycles. The van der Waals surface area contributed by atoms with Gasteiger partial charge in [-0.05, 0) is 57.8 Å². The summed E-state index contributed by atoms with van der Waals surface area (Å²) in [6.07, 6.45) is 4.21. The van der Waals surface area contributed by atoms with Crippen molar-refractivity contribution >= 4 is 15.4 Å². The number of hydrogen-bond donors (Lipinski definition) is 1. The Balaban J connectivity index is 2.12. The quantitative estimate of drug-likeness (QED) is 0.304. The Bertz CT molecular complexity index is 694. The zero-order chi connectivity index (χ0) is 22.8. The number of hydrogen-bond acceptors (Lipinski definition) is 4. The standard InChI is InChI=1S/C24H41BO4Si/c1-22(2,3)30(8,9)27-18-14-13-17-20(21(26)19-15-11-10-12-16-19)25-28-23(4,5)24(6,7)29-25/h10-13,15-17,20-21,26H,14,18H2,1-9H3/b17-13+. The molecule has 6 heteroatoms. The van der Waals surface area contributed by atoms with E-state index in [-0.39, 0.29) is 10.9 Å². The summed E-state index contributed by atoms with van der Waals surface area (Å²) in [6.45, 7) is 20.1. The molecule has 1 aromatic carbocycles. The van der Waals surface area contributed by atoms with Crippen LogP contribution in [0.2, 0.25) is 23.9 Å². The molecule has 2 atom stereocenters. The lowest BCUT2D eigenvalue weighted by Crippen LogP contribution is -2.41. The van der Waals surface area contributed by atoms with Crippen LogP contribution in [0.25, 0.3) is 0 Å². The molecule has 0 radical (unpaired) electrons. The summed E-state index contributed by atoms with van der Waals surface area (Å²) in [7, 11) is -2.26. The van der Waals surface area contributed by atoms with Crippen LogP contribution in [0.5, 0.6) is 0 Å². The summed E-state index contributed by atoms with van der Waals surface area (Å²) in [6, 6.07) is 9.72. The highest BCUT2D eigenvalue weighted by atomic mass is 28.4. The highest BCUT2D eigenvalue weighted by Crippen LogP contribution is 2.44. The average molecular weight is 432 g/mol. The third-order valence-corrected chi connectivity index (χ3v) is 11.5. The van der Waals surface area contributed by atoms with Gasteiger partial charge in [-0.15, -0.1) is 0 Å². The predicted octanol–water partition coefficient (Wildman–Crippen LogP) is 6.15. The number of rotatable bonds is 8. The van der Waals surface area contributed by atoms with Crippen LogP contribution in [0.3, 0.4) is 0 Å². The van der Waals surface area contributed by atoms with Crippen LogP contribution in [0.15, 0.2) is 42.5 Å². The number of aliphatic hydroxyl groups is 1. The fourth-order valence-electron chi connectivity index (χ4n) is 3.12. The second-order valence-corrected chi connectivity index (χ2v) is 15.7. The van der Waals surface area contributed by atoms with Gasteiger partial charge in [-0.1, -0.05) is 63.3 Å². The van der Waals surface area contributed by atoms with E-state index in [0.29, 0.717) is 6.61 Å². The molecule has 0 bridgehead atoms. The lowest BCUT2D eigenvalue weighted by Gasteiger charge is -2.36. The Morgan fingerprint density at radius 1 is 1.07 bits per heavy atom. The fourth-order valence-corrected chi connectivity index (χ4v) is 4.18. The van der Waals surface area contributed by atoms with Crippen molar-refractivity contribution < 1.29 is 18.8 Å². The minimum Gasteiger partial charge on any atom is -0.417 e. The molecule has 168 valence electrons. The van der Waals surface area contributed by atoms with Gasteiger partial charge in [-0.3, -0.25) is 0 Å². The van der Waals surface area contributed by atoms with Crippen molar-refractivity contribution in [2.75, 3.05) is 6.61 Å². The summed E-state index contributed by atoms with van der Waals surface area (Å²) >= 11 is 0. The first-order valence-electron chi connectivity index (χ1n) is 11.1. The van der Waals surface area contributed by atoms with Crippen molar-refractivity contribution in [1.82, 2.24) is 0 Å². The maximum Gasteiger partial charge on any atom is 0.468 e. The molecule has 1 aliphatic rings. The minimum atomic E-state index is -1.75. The van der Waals surface area contributed by atoms with Crippen LogP contribution in [0, 0.1) is 0 Å². The van der Waals surface area contributed by atoms with Crippen molar-refractivity contribution in [2.45, 2.75) is 96.1 Å². The predicted molar refractivity (Wildman–Crippen MR) is 128 cm³/mol. The minimum absolute atomic E-state index is 0.200. The second kappa shape index (κ2) is 9.29. The average Bonchev–Trinajstić information content (AvgIpc) is 2.84. The summed E-state index contributed by atoms with van der Waals surface area (Å²) in [5.41, 5.74) is -0.0172. The Morgan fingerprint density at radius 2 is 1.60 bits per heavy atom. The third kappa shape index (κ3) is 5.86. The Hall–Kier alpha value is -0.918. The van der Waals surface area contributed by atoms with E-state index >= 15 is 0 Å². The molecule has 0 aromatic heterocycles. The van der Waals surface area contributed by atoms with E-state index in [0.717, 1.165) is 12.0 Å². The molecule has 2 unspecified atom stereocenters. The molecule has 4 nitrogen and oxygen atoms in total. The van der Waals surface area contributed by atoms with Crippen molar-refractivity contribution in [2.24, 2.45) is 0 Å². The molecule has 2 rings (SSSR count). The maximum absolute atomic E-state index is 11.1. The lowest BCUT2D eigenvalue weighted by molar-refractivity contribution is 0.00578. The monoisotopic (exact) mass is 432 g/mol. The highest BCUT2D eigenvalue weighted by Gasteiger charge is 2.54. The normalized spacial score (nSPS) is 21.2. The van der Waals surface area contributed by atoms with Gasteiger partial charge in [-0.25, -0.2) is 0 Å². The van der Waals surface area contributed by atoms with Crippen LogP contribution >= 0.6 is 0 Å². The molecule has 1 saturated heterocycles. The van der Waals surface area contributed by atoms with Gasteiger partial charge < -0.3 is 18.8 Å². The summed E-state index contributed by atoms with van der Waals surface area (Å²) in [4.78, 5) is 0. The van der Waals surface area contributed by atoms with Crippen LogP contribution in [-0.2, 0) is 13.7 Å². The van der Waals surface area contributed by atoms with Gasteiger partial charge in [0.1, 0.15) is 0 Å². The summed E-state index contributed by atoms with van der Waals surface area (Å²) in [5.74, 6) is -0.304. The molecular weight excluding hydrogens is 391 g/mol. The van der Waals surface area contributed by atoms with Crippen LogP contribution in [0.1, 0.15) is 66.6 Å². The lowest BCUT2D eigenvalue weighted by atomic mass is 9.67. The van der Waals surface area contributed by atoms with E-state index in [4.69, 9.17) is 13.7 Å². The van der Waals surface area contributed by atoms with Gasteiger partial charge in [0.25, 0.3) is 0 Å². The first kappa shape index (κ1) is 25.3. The molecule has 0 aliphatic carbocycles. The Kier molecular flexibility index (Phi) is 7.85.